The standard InChI is InChI=1S/C24H30N4O3/c1-26(2)12-13-27-17-21(19-8-4-3-5-9-19)24(23(27)30)18-28(14-15-31-24)22(29)16-20-10-6-7-11-25-20/h3-11,21H,12-18H2,1-2H3. The number of benzene rings is 1. The van der Waals surface area contributed by atoms with Crippen LogP contribution in [0.5, 0.6) is 0 Å². The molecule has 0 saturated carbocycles. The molecular formula is C24H30N4O3. The molecule has 31 heavy (non-hydrogen) atoms. The van der Waals surface area contributed by atoms with Crippen molar-refractivity contribution in [3.05, 3.63) is 66.0 Å². The number of aromatic nitrogens is 1. The molecule has 4 rings (SSSR count). The van der Waals surface area contributed by atoms with E-state index in [1.807, 2.05) is 67.5 Å². The highest BCUT2D eigenvalue weighted by molar-refractivity contribution is 5.91. The Morgan fingerprint density at radius 2 is 1.97 bits per heavy atom. The van der Waals surface area contributed by atoms with Crippen LogP contribution >= 0.6 is 0 Å². The Morgan fingerprint density at radius 3 is 2.68 bits per heavy atom. The molecule has 2 amide bonds. The Balaban J connectivity index is 1.59. The minimum absolute atomic E-state index is 0.0152. The van der Waals surface area contributed by atoms with Crippen molar-refractivity contribution in [2.75, 3.05) is 53.4 Å². The lowest BCUT2D eigenvalue weighted by Crippen LogP contribution is -2.59. The molecule has 1 aromatic carbocycles. The third-order valence-electron chi connectivity index (χ3n) is 6.19. The Bertz CT molecular complexity index is 906. The van der Waals surface area contributed by atoms with Gasteiger partial charge in [0, 0.05) is 44.0 Å². The van der Waals surface area contributed by atoms with Crippen molar-refractivity contribution in [2.24, 2.45) is 0 Å². The van der Waals surface area contributed by atoms with E-state index >= 15 is 0 Å². The van der Waals surface area contributed by atoms with Gasteiger partial charge in [-0.3, -0.25) is 14.6 Å². The summed E-state index contributed by atoms with van der Waals surface area (Å²) < 4.78 is 6.26. The van der Waals surface area contributed by atoms with Crippen molar-refractivity contribution in [1.29, 1.82) is 0 Å². The van der Waals surface area contributed by atoms with Crippen LogP contribution in [0, 0.1) is 0 Å². The van der Waals surface area contributed by atoms with Crippen molar-refractivity contribution < 1.29 is 14.3 Å². The molecule has 0 aliphatic carbocycles. The van der Waals surface area contributed by atoms with Crippen molar-refractivity contribution in [2.45, 2.75) is 17.9 Å². The van der Waals surface area contributed by atoms with E-state index in [9.17, 15) is 9.59 Å². The van der Waals surface area contributed by atoms with Gasteiger partial charge in [-0.25, -0.2) is 0 Å². The third kappa shape index (κ3) is 4.48. The minimum Gasteiger partial charge on any atom is -0.361 e. The molecule has 1 spiro atoms. The van der Waals surface area contributed by atoms with Crippen LogP contribution in [0.3, 0.4) is 0 Å². The highest BCUT2D eigenvalue weighted by Gasteiger charge is 2.58. The zero-order valence-electron chi connectivity index (χ0n) is 18.2. The fourth-order valence-corrected chi connectivity index (χ4v) is 4.51. The highest BCUT2D eigenvalue weighted by atomic mass is 16.5. The van der Waals surface area contributed by atoms with Gasteiger partial charge in [0.2, 0.25) is 5.91 Å². The molecule has 3 heterocycles. The molecule has 0 radical (unpaired) electrons. The monoisotopic (exact) mass is 422 g/mol. The number of rotatable bonds is 6. The van der Waals surface area contributed by atoms with Gasteiger partial charge in [-0.1, -0.05) is 36.4 Å². The van der Waals surface area contributed by atoms with Crippen LogP contribution in [0.2, 0.25) is 0 Å². The first kappa shape index (κ1) is 21.5. The van der Waals surface area contributed by atoms with Crippen LogP contribution < -0.4 is 0 Å². The van der Waals surface area contributed by atoms with Crippen LogP contribution in [0.15, 0.2) is 54.7 Å². The van der Waals surface area contributed by atoms with Crippen LogP contribution in [0.1, 0.15) is 17.2 Å². The average Bonchev–Trinajstić information content (AvgIpc) is 3.05. The van der Waals surface area contributed by atoms with Crippen LogP contribution in [0.25, 0.3) is 0 Å². The predicted molar refractivity (Wildman–Crippen MR) is 118 cm³/mol. The van der Waals surface area contributed by atoms with Gasteiger partial charge in [0.25, 0.3) is 5.91 Å². The third-order valence-corrected chi connectivity index (χ3v) is 6.19. The SMILES string of the molecule is CN(C)CCN1CC(c2ccccc2)C2(CN(C(=O)Cc3ccccn3)CCO2)C1=O. The van der Waals surface area contributed by atoms with Gasteiger partial charge in [-0.05, 0) is 31.8 Å². The number of carbonyl (C=O) groups excluding carboxylic acids is 2. The summed E-state index contributed by atoms with van der Waals surface area (Å²) in [4.78, 5) is 36.7. The Kier molecular flexibility index (Phi) is 6.34. The van der Waals surface area contributed by atoms with Crippen molar-refractivity contribution >= 4 is 11.8 Å². The summed E-state index contributed by atoms with van der Waals surface area (Å²) in [7, 11) is 4.00. The number of amides is 2. The maximum Gasteiger partial charge on any atom is 0.257 e. The summed E-state index contributed by atoms with van der Waals surface area (Å²) in [5.41, 5.74) is 0.770. The first-order valence-electron chi connectivity index (χ1n) is 10.8. The fraction of sp³-hybridized carbons (Fsp3) is 0.458. The summed E-state index contributed by atoms with van der Waals surface area (Å²) in [6, 6.07) is 15.6. The molecule has 7 heteroatoms. The predicted octanol–water partition coefficient (Wildman–Crippen LogP) is 1.41. The molecule has 2 aliphatic heterocycles. The zero-order chi connectivity index (χ0) is 21.8. The summed E-state index contributed by atoms with van der Waals surface area (Å²) in [5.74, 6) is -0.153. The maximum atomic E-state index is 13.6. The van der Waals surface area contributed by atoms with Gasteiger partial charge in [-0.15, -0.1) is 0 Å². The second-order valence-electron chi connectivity index (χ2n) is 8.57. The second-order valence-corrected chi connectivity index (χ2v) is 8.57. The first-order valence-corrected chi connectivity index (χ1v) is 10.8. The lowest BCUT2D eigenvalue weighted by Gasteiger charge is -2.42. The number of morpholine rings is 1. The largest absolute Gasteiger partial charge is 0.361 e. The van der Waals surface area contributed by atoms with Crippen molar-refractivity contribution in [3.8, 4) is 0 Å². The second kappa shape index (κ2) is 9.16. The molecule has 7 nitrogen and oxygen atoms in total. The molecule has 0 bridgehead atoms. The summed E-state index contributed by atoms with van der Waals surface area (Å²) >= 11 is 0. The lowest BCUT2D eigenvalue weighted by atomic mass is 9.83. The van der Waals surface area contributed by atoms with Gasteiger partial charge in [0.05, 0.1) is 19.6 Å². The molecule has 2 saturated heterocycles. The van der Waals surface area contributed by atoms with Crippen molar-refractivity contribution in [1.82, 2.24) is 19.7 Å². The summed E-state index contributed by atoms with van der Waals surface area (Å²) in [5, 5.41) is 0. The van der Waals surface area contributed by atoms with Crippen molar-refractivity contribution in [3.63, 3.8) is 0 Å². The number of nitrogens with zero attached hydrogens (tertiary/aromatic N) is 4. The molecule has 2 aliphatic rings. The van der Waals surface area contributed by atoms with Crippen LogP contribution in [-0.2, 0) is 20.7 Å². The van der Waals surface area contributed by atoms with E-state index in [0.29, 0.717) is 26.2 Å². The van der Waals surface area contributed by atoms with E-state index in [4.69, 9.17) is 4.74 Å². The first-order chi connectivity index (χ1) is 15.0. The topological polar surface area (TPSA) is 66.0 Å². The summed E-state index contributed by atoms with van der Waals surface area (Å²) in [6.07, 6.45) is 1.92. The Labute approximate surface area is 183 Å². The Hall–Kier alpha value is -2.77. The van der Waals surface area contributed by atoms with Gasteiger partial charge in [0.1, 0.15) is 0 Å². The van der Waals surface area contributed by atoms with Crippen LogP contribution in [-0.4, -0.2) is 90.5 Å². The summed E-state index contributed by atoms with van der Waals surface area (Å²) in [6.45, 7) is 3.13. The van der Waals surface area contributed by atoms with Gasteiger partial charge >= 0.3 is 0 Å². The van der Waals surface area contributed by atoms with Gasteiger partial charge in [0.15, 0.2) is 5.60 Å². The molecule has 2 unspecified atom stereocenters. The molecular weight excluding hydrogens is 392 g/mol. The van der Waals surface area contributed by atoms with E-state index in [2.05, 4.69) is 9.88 Å². The number of hydrogen-bond acceptors (Lipinski definition) is 5. The van der Waals surface area contributed by atoms with E-state index in [1.54, 1.807) is 11.1 Å². The maximum absolute atomic E-state index is 13.6. The van der Waals surface area contributed by atoms with Crippen LogP contribution in [0.4, 0.5) is 0 Å². The smallest absolute Gasteiger partial charge is 0.257 e. The highest BCUT2D eigenvalue weighted by Crippen LogP contribution is 2.42. The number of ether oxygens (including phenoxy) is 1. The fourth-order valence-electron chi connectivity index (χ4n) is 4.51. The molecule has 2 atom stereocenters. The van der Waals surface area contributed by atoms with E-state index in [0.717, 1.165) is 17.8 Å². The Morgan fingerprint density at radius 1 is 1.19 bits per heavy atom. The molecule has 1 aromatic heterocycles. The number of likely N-dealkylation sites (tertiary alicyclic amines) is 1. The van der Waals surface area contributed by atoms with E-state index in [-0.39, 0.29) is 30.7 Å². The number of carbonyl (C=O) groups is 2. The quantitative estimate of drug-likeness (QED) is 0.704. The molecule has 0 N–H and O–H groups in total. The minimum atomic E-state index is -1.04. The average molecular weight is 423 g/mol. The van der Waals surface area contributed by atoms with E-state index in [1.165, 1.54) is 0 Å². The lowest BCUT2D eigenvalue weighted by molar-refractivity contribution is -0.167. The molecule has 2 aromatic rings. The molecule has 164 valence electrons. The van der Waals surface area contributed by atoms with Gasteiger partial charge in [-0.2, -0.15) is 0 Å². The molecule has 2 fully saturated rings. The zero-order valence-corrected chi connectivity index (χ0v) is 18.2. The number of pyridine rings is 1. The number of likely N-dealkylation sites (N-methyl/N-ethyl adjacent to an activating group) is 1. The van der Waals surface area contributed by atoms with E-state index < -0.39 is 5.60 Å². The number of hydrogen-bond donors (Lipinski definition) is 0. The van der Waals surface area contributed by atoms with Gasteiger partial charge < -0.3 is 19.4 Å². The normalized spacial score (nSPS) is 23.7.